The minimum absolute atomic E-state index is 0.256. The number of rotatable bonds is 63. The van der Waals surface area contributed by atoms with Gasteiger partial charge in [-0.15, -0.1) is 0 Å². The highest BCUT2D eigenvalue weighted by molar-refractivity contribution is 5.80. The molecule has 0 bridgehead atoms. The van der Waals surface area contributed by atoms with Crippen molar-refractivity contribution >= 4 is 5.91 Å². The summed E-state index contributed by atoms with van der Waals surface area (Å²) in [6.07, 6.45) is 64.1. The fourth-order valence-electron chi connectivity index (χ4n) is 11.7. The van der Waals surface area contributed by atoms with E-state index in [-0.39, 0.29) is 12.8 Å². The van der Waals surface area contributed by atoms with Crippen LogP contribution in [0.2, 0.25) is 0 Å². The van der Waals surface area contributed by atoms with E-state index in [1.165, 1.54) is 276 Å². The number of ether oxygens (including phenoxy) is 2. The smallest absolute Gasteiger partial charge is 0.249 e. The van der Waals surface area contributed by atoms with Crippen LogP contribution in [0.3, 0.4) is 0 Å². The van der Waals surface area contributed by atoms with Gasteiger partial charge >= 0.3 is 0 Å². The Kier molecular flexibility index (Phi) is 57.4. The maximum Gasteiger partial charge on any atom is 0.249 e. The first-order valence-electron chi connectivity index (χ1n) is 35.7. The van der Waals surface area contributed by atoms with Crippen LogP contribution in [0.15, 0.2) is 24.3 Å². The van der Waals surface area contributed by atoms with E-state index < -0.39 is 74.2 Å². The predicted molar refractivity (Wildman–Crippen MR) is 344 cm³/mol. The SMILES string of the molecule is CCCCCCCCCCCCCC/C=C\CCCCCCCCCCCCCCCC(O)C(=O)NC(COC1OC(CO)C(O)C(O)C1O)C(O)C(O)CCC/C=C/CCCCCCCCCCCCCCCCCCCCCCC. The second-order valence-corrected chi connectivity index (χ2v) is 25.3. The van der Waals surface area contributed by atoms with Crippen molar-refractivity contribution in [1.82, 2.24) is 5.32 Å². The third kappa shape index (κ3) is 46.8. The number of hydrogen-bond acceptors (Lipinski definition) is 10. The van der Waals surface area contributed by atoms with Crippen LogP contribution in [0.4, 0.5) is 0 Å². The van der Waals surface area contributed by atoms with E-state index in [4.69, 9.17) is 9.47 Å². The summed E-state index contributed by atoms with van der Waals surface area (Å²) in [5, 5.41) is 76.5. The van der Waals surface area contributed by atoms with Crippen LogP contribution in [0.1, 0.15) is 354 Å². The summed E-state index contributed by atoms with van der Waals surface area (Å²) in [5.74, 6) is -0.700. The van der Waals surface area contributed by atoms with E-state index in [9.17, 15) is 40.5 Å². The van der Waals surface area contributed by atoms with Crippen molar-refractivity contribution in [3.8, 4) is 0 Å². The largest absolute Gasteiger partial charge is 0.394 e. The molecule has 9 unspecified atom stereocenters. The number of amides is 1. The van der Waals surface area contributed by atoms with Gasteiger partial charge in [0.15, 0.2) is 6.29 Å². The van der Waals surface area contributed by atoms with Gasteiger partial charge < -0.3 is 50.5 Å². The first-order chi connectivity index (χ1) is 40.2. The van der Waals surface area contributed by atoms with Crippen molar-refractivity contribution in [2.75, 3.05) is 13.2 Å². The summed E-state index contributed by atoms with van der Waals surface area (Å²) >= 11 is 0. The number of nitrogens with one attached hydrogen (secondary N) is 1. The number of hydrogen-bond donors (Lipinski definition) is 8. The van der Waals surface area contributed by atoms with E-state index in [0.29, 0.717) is 12.8 Å². The lowest BCUT2D eigenvalue weighted by Gasteiger charge is -2.40. The minimum atomic E-state index is -1.67. The number of aliphatic hydroxyl groups excluding tert-OH is 7. The molecule has 8 N–H and O–H groups in total. The molecule has 0 radical (unpaired) electrons. The highest BCUT2D eigenvalue weighted by atomic mass is 16.7. The Morgan fingerprint density at radius 1 is 0.415 bits per heavy atom. The minimum Gasteiger partial charge on any atom is -0.394 e. The summed E-state index contributed by atoms with van der Waals surface area (Å²) in [6.45, 7) is 3.50. The summed E-state index contributed by atoms with van der Waals surface area (Å²) in [5.41, 5.74) is 0. The van der Waals surface area contributed by atoms with Crippen LogP contribution >= 0.6 is 0 Å². The Balaban J connectivity index is 2.21. The third-order valence-corrected chi connectivity index (χ3v) is 17.5. The zero-order valence-electron chi connectivity index (χ0n) is 53.8. The molecule has 486 valence electrons. The highest BCUT2D eigenvalue weighted by Gasteiger charge is 2.44. The summed E-state index contributed by atoms with van der Waals surface area (Å²) in [4.78, 5) is 13.3. The molecular formula is C71H137NO10. The lowest BCUT2D eigenvalue weighted by molar-refractivity contribution is -0.303. The highest BCUT2D eigenvalue weighted by Crippen LogP contribution is 2.24. The molecule has 1 fully saturated rings. The second kappa shape index (κ2) is 59.9. The molecular weight excluding hydrogens is 1030 g/mol. The van der Waals surface area contributed by atoms with Crippen LogP contribution in [0.25, 0.3) is 0 Å². The Morgan fingerprint density at radius 2 is 0.720 bits per heavy atom. The van der Waals surface area contributed by atoms with E-state index in [2.05, 4.69) is 43.5 Å². The molecule has 1 aliphatic rings. The van der Waals surface area contributed by atoms with Crippen molar-refractivity contribution in [2.24, 2.45) is 0 Å². The maximum absolute atomic E-state index is 13.3. The van der Waals surface area contributed by atoms with Gasteiger partial charge in [-0.1, -0.05) is 314 Å². The maximum atomic E-state index is 13.3. The van der Waals surface area contributed by atoms with Crippen LogP contribution in [-0.4, -0.2) is 110 Å². The summed E-state index contributed by atoms with van der Waals surface area (Å²) in [6, 6.07) is -1.19. The Morgan fingerprint density at radius 3 is 1.05 bits per heavy atom. The Labute approximate surface area is 505 Å². The van der Waals surface area contributed by atoms with Gasteiger partial charge in [0.05, 0.1) is 25.4 Å². The Hall–Kier alpha value is -1.41. The molecule has 9 atom stereocenters. The molecule has 1 heterocycles. The molecule has 11 nitrogen and oxygen atoms in total. The average molecular weight is 1160 g/mol. The van der Waals surface area contributed by atoms with E-state index in [1.54, 1.807) is 0 Å². The van der Waals surface area contributed by atoms with Gasteiger partial charge in [0.25, 0.3) is 0 Å². The molecule has 1 aliphatic heterocycles. The van der Waals surface area contributed by atoms with Crippen LogP contribution in [0, 0.1) is 0 Å². The van der Waals surface area contributed by atoms with Crippen LogP contribution in [-0.2, 0) is 14.3 Å². The fraction of sp³-hybridized carbons (Fsp3) is 0.930. The molecule has 1 rings (SSSR count). The molecule has 0 spiro atoms. The van der Waals surface area contributed by atoms with Crippen molar-refractivity contribution in [2.45, 2.75) is 409 Å². The van der Waals surface area contributed by atoms with Crippen molar-refractivity contribution in [3.05, 3.63) is 24.3 Å². The van der Waals surface area contributed by atoms with Crippen LogP contribution in [0.5, 0.6) is 0 Å². The predicted octanol–water partition coefficient (Wildman–Crippen LogP) is 17.2. The molecule has 1 saturated heterocycles. The molecule has 1 amide bonds. The normalized spacial score (nSPS) is 19.2. The van der Waals surface area contributed by atoms with Gasteiger partial charge in [-0.2, -0.15) is 0 Å². The van der Waals surface area contributed by atoms with Crippen LogP contribution < -0.4 is 5.32 Å². The molecule has 0 aromatic carbocycles. The monoisotopic (exact) mass is 1160 g/mol. The van der Waals surface area contributed by atoms with Crippen molar-refractivity contribution < 1.29 is 50.0 Å². The number of allylic oxidation sites excluding steroid dienone is 4. The molecule has 82 heavy (non-hydrogen) atoms. The van der Waals surface area contributed by atoms with Gasteiger partial charge in [0.1, 0.15) is 36.6 Å². The van der Waals surface area contributed by atoms with Gasteiger partial charge in [-0.25, -0.2) is 0 Å². The Bertz CT molecular complexity index is 1380. The first kappa shape index (κ1) is 78.6. The zero-order chi connectivity index (χ0) is 59.6. The van der Waals surface area contributed by atoms with Gasteiger partial charge in [0.2, 0.25) is 5.91 Å². The summed E-state index contributed by atoms with van der Waals surface area (Å²) in [7, 11) is 0. The van der Waals surface area contributed by atoms with E-state index in [1.807, 2.05) is 0 Å². The van der Waals surface area contributed by atoms with Gasteiger partial charge in [-0.05, 0) is 64.2 Å². The van der Waals surface area contributed by atoms with Gasteiger partial charge in [-0.3, -0.25) is 4.79 Å². The standard InChI is InChI=1S/C71H137NO10/c1-3-5-7-9-11-13-15-17-19-21-23-25-27-29-31-32-33-35-37-39-41-43-45-47-49-51-53-55-57-59-64(75)70(80)72-62(61-81-71-69(79)68(78)67(77)65(60-73)82-71)66(76)63(74)58-56-54-52-50-48-46-44-42-40-38-36-34-30-28-26-24-22-20-18-16-14-12-10-8-6-4-2/h29,31,50,52,62-69,71,73-79H,3-28,30,32-49,51,53-61H2,1-2H3,(H,72,80)/b31-29-,52-50+. The fourth-order valence-corrected chi connectivity index (χ4v) is 11.7. The third-order valence-electron chi connectivity index (χ3n) is 17.5. The average Bonchev–Trinajstić information content (AvgIpc) is 3.49. The summed E-state index contributed by atoms with van der Waals surface area (Å²) < 4.78 is 11.2. The molecule has 0 aliphatic carbocycles. The van der Waals surface area contributed by atoms with E-state index >= 15 is 0 Å². The quantitative estimate of drug-likeness (QED) is 0.0215. The number of carbonyl (C=O) groups excluding carboxylic acids is 1. The molecule has 0 saturated carbocycles. The topological polar surface area (TPSA) is 189 Å². The number of aliphatic hydroxyl groups is 7. The molecule has 0 aromatic rings. The van der Waals surface area contributed by atoms with Crippen molar-refractivity contribution in [3.63, 3.8) is 0 Å². The lowest BCUT2D eigenvalue weighted by atomic mass is 9.98. The second-order valence-electron chi connectivity index (χ2n) is 25.3. The van der Waals surface area contributed by atoms with E-state index in [0.717, 1.165) is 38.5 Å². The lowest BCUT2D eigenvalue weighted by Crippen LogP contribution is -2.60. The van der Waals surface area contributed by atoms with Crippen molar-refractivity contribution in [1.29, 1.82) is 0 Å². The first-order valence-corrected chi connectivity index (χ1v) is 35.7. The zero-order valence-corrected chi connectivity index (χ0v) is 53.8. The molecule has 11 heteroatoms. The van der Waals surface area contributed by atoms with Gasteiger partial charge in [0, 0.05) is 0 Å². The molecule has 0 aromatic heterocycles. The number of unbranched alkanes of at least 4 members (excludes halogenated alkanes) is 47. The number of carbonyl (C=O) groups is 1.